The highest BCUT2D eigenvalue weighted by atomic mass is 19.1. The van der Waals surface area contributed by atoms with E-state index in [1.165, 1.54) is 17.3 Å². The fourth-order valence-corrected chi connectivity index (χ4v) is 2.68. The summed E-state index contributed by atoms with van der Waals surface area (Å²) in [6.07, 6.45) is 3.58. The molecule has 0 atom stereocenters. The molecule has 0 N–H and O–H groups in total. The van der Waals surface area contributed by atoms with Crippen LogP contribution in [0.2, 0.25) is 0 Å². The number of fused-ring (bicyclic) bond motifs is 1. The average molecular weight is 297 g/mol. The summed E-state index contributed by atoms with van der Waals surface area (Å²) in [6, 6.07) is 7.71. The molecular weight excluding hydrogens is 277 g/mol. The zero-order valence-corrected chi connectivity index (χ0v) is 13.2. The molecule has 2 heterocycles. The number of aryl methyl sites for hydroxylation is 3. The van der Waals surface area contributed by atoms with Gasteiger partial charge < -0.3 is 4.57 Å². The van der Waals surface area contributed by atoms with Crippen molar-refractivity contribution >= 4 is 11.0 Å². The van der Waals surface area contributed by atoms with Gasteiger partial charge in [0.15, 0.2) is 0 Å². The zero-order valence-electron chi connectivity index (χ0n) is 13.2. The number of aromatic nitrogens is 3. The topological polar surface area (TPSA) is 30.7 Å². The number of unbranched alkanes of at least 4 members (excludes halogenated alkanes) is 1. The lowest BCUT2D eigenvalue weighted by Crippen LogP contribution is -2.02. The lowest BCUT2D eigenvalue weighted by Gasteiger charge is -2.09. The van der Waals surface area contributed by atoms with E-state index >= 15 is 0 Å². The van der Waals surface area contributed by atoms with E-state index < -0.39 is 5.95 Å². The molecule has 0 saturated heterocycles. The lowest BCUT2D eigenvalue weighted by molar-refractivity contribution is 0.582. The van der Waals surface area contributed by atoms with Crippen molar-refractivity contribution in [2.24, 2.45) is 0 Å². The highest BCUT2D eigenvalue weighted by molar-refractivity contribution is 5.82. The number of benzene rings is 1. The Hall–Kier alpha value is -2.23. The van der Waals surface area contributed by atoms with Crippen LogP contribution in [-0.2, 0) is 6.54 Å². The summed E-state index contributed by atoms with van der Waals surface area (Å²) in [7, 11) is 0. The Morgan fingerprint density at radius 3 is 2.68 bits per heavy atom. The van der Waals surface area contributed by atoms with Gasteiger partial charge in [0.05, 0.1) is 16.6 Å². The zero-order chi connectivity index (χ0) is 15.7. The monoisotopic (exact) mass is 297 g/mol. The van der Waals surface area contributed by atoms with Crippen molar-refractivity contribution < 1.29 is 4.39 Å². The van der Waals surface area contributed by atoms with Gasteiger partial charge in [-0.15, -0.1) is 0 Å². The molecule has 0 aliphatic heterocycles. The maximum absolute atomic E-state index is 14.1. The van der Waals surface area contributed by atoms with Crippen LogP contribution in [-0.4, -0.2) is 14.5 Å². The Kier molecular flexibility index (Phi) is 3.92. The van der Waals surface area contributed by atoms with Gasteiger partial charge in [0.25, 0.3) is 0 Å². The van der Waals surface area contributed by atoms with E-state index in [9.17, 15) is 4.39 Å². The smallest absolute Gasteiger partial charge is 0.223 e. The molecule has 0 unspecified atom stereocenters. The minimum absolute atomic E-state index is 0.463. The van der Waals surface area contributed by atoms with Gasteiger partial charge in [0.2, 0.25) is 5.95 Å². The molecule has 1 aromatic carbocycles. The molecule has 3 aromatic rings. The lowest BCUT2D eigenvalue weighted by atomic mass is 10.1. The van der Waals surface area contributed by atoms with Crippen molar-refractivity contribution in [3.05, 3.63) is 47.5 Å². The van der Waals surface area contributed by atoms with Gasteiger partial charge in [-0.05, 0) is 55.7 Å². The molecule has 0 fully saturated rings. The van der Waals surface area contributed by atoms with E-state index in [-0.39, 0.29) is 0 Å². The van der Waals surface area contributed by atoms with Crippen molar-refractivity contribution in [3.63, 3.8) is 0 Å². The quantitative estimate of drug-likeness (QED) is 0.656. The number of hydrogen-bond acceptors (Lipinski definition) is 2. The van der Waals surface area contributed by atoms with Crippen LogP contribution in [0.1, 0.15) is 30.9 Å². The molecule has 22 heavy (non-hydrogen) atoms. The maximum atomic E-state index is 14.1. The highest BCUT2D eigenvalue weighted by Gasteiger charge is 2.16. The predicted octanol–water partition coefficient (Wildman–Crippen LogP) is 4.65. The average Bonchev–Trinajstić information content (AvgIpc) is 2.83. The number of halogens is 1. The second-order valence-corrected chi connectivity index (χ2v) is 5.71. The Balaban J connectivity index is 2.26. The van der Waals surface area contributed by atoms with E-state index in [0.29, 0.717) is 11.4 Å². The number of imidazole rings is 1. The normalized spacial score (nSPS) is 11.3. The molecule has 4 heteroatoms. The first-order valence-corrected chi connectivity index (χ1v) is 7.70. The molecule has 3 nitrogen and oxygen atoms in total. The van der Waals surface area contributed by atoms with Gasteiger partial charge >= 0.3 is 0 Å². The third-order valence-electron chi connectivity index (χ3n) is 4.10. The van der Waals surface area contributed by atoms with E-state index in [2.05, 4.69) is 47.4 Å². The summed E-state index contributed by atoms with van der Waals surface area (Å²) in [5.74, 6) is 0.197. The van der Waals surface area contributed by atoms with Crippen LogP contribution in [0.4, 0.5) is 4.39 Å². The third kappa shape index (κ3) is 2.49. The van der Waals surface area contributed by atoms with Gasteiger partial charge in [-0.2, -0.15) is 4.39 Å². The third-order valence-corrected chi connectivity index (χ3v) is 4.10. The Morgan fingerprint density at radius 2 is 1.95 bits per heavy atom. The highest BCUT2D eigenvalue weighted by Crippen LogP contribution is 2.28. The van der Waals surface area contributed by atoms with Crippen molar-refractivity contribution in [2.45, 2.75) is 40.2 Å². The molecule has 3 rings (SSSR count). The molecule has 0 radical (unpaired) electrons. The summed E-state index contributed by atoms with van der Waals surface area (Å²) < 4.78 is 16.2. The van der Waals surface area contributed by atoms with Gasteiger partial charge in [0, 0.05) is 12.7 Å². The molecule has 0 saturated carbocycles. The van der Waals surface area contributed by atoms with Crippen molar-refractivity contribution in [2.75, 3.05) is 0 Å². The molecule has 0 aliphatic rings. The SMILES string of the molecule is CCCCn1c(-c2cccnc2F)nc2cc(C)c(C)cc21. The Morgan fingerprint density at radius 1 is 1.18 bits per heavy atom. The summed E-state index contributed by atoms with van der Waals surface area (Å²) >= 11 is 0. The Bertz CT molecular complexity index is 821. The number of hydrogen-bond donors (Lipinski definition) is 0. The van der Waals surface area contributed by atoms with Crippen molar-refractivity contribution in [1.82, 2.24) is 14.5 Å². The molecule has 114 valence electrons. The second kappa shape index (κ2) is 5.87. The number of rotatable bonds is 4. The van der Waals surface area contributed by atoms with Crippen molar-refractivity contribution in [1.29, 1.82) is 0 Å². The summed E-state index contributed by atoms with van der Waals surface area (Å²) in [4.78, 5) is 8.44. The number of nitrogens with zero attached hydrogens (tertiary/aromatic N) is 3. The summed E-state index contributed by atoms with van der Waals surface area (Å²) in [5.41, 5.74) is 4.87. The fourth-order valence-electron chi connectivity index (χ4n) is 2.68. The van der Waals surface area contributed by atoms with E-state index in [1.54, 1.807) is 12.1 Å². The van der Waals surface area contributed by atoms with Crippen LogP contribution in [0.25, 0.3) is 22.4 Å². The molecular formula is C18H20FN3. The minimum atomic E-state index is -0.469. The van der Waals surface area contributed by atoms with Gasteiger partial charge in [-0.3, -0.25) is 0 Å². The van der Waals surface area contributed by atoms with Crippen LogP contribution >= 0.6 is 0 Å². The van der Waals surface area contributed by atoms with E-state index in [1.807, 2.05) is 0 Å². The van der Waals surface area contributed by atoms with Crippen LogP contribution in [0, 0.1) is 19.8 Å². The first-order valence-electron chi connectivity index (χ1n) is 7.70. The van der Waals surface area contributed by atoms with Crippen LogP contribution < -0.4 is 0 Å². The molecule has 0 bridgehead atoms. The van der Waals surface area contributed by atoms with Crippen LogP contribution in [0.15, 0.2) is 30.5 Å². The Labute approximate surface area is 129 Å². The molecule has 0 spiro atoms. The molecule has 2 aromatic heterocycles. The van der Waals surface area contributed by atoms with Crippen molar-refractivity contribution in [3.8, 4) is 11.4 Å². The van der Waals surface area contributed by atoms with E-state index in [4.69, 9.17) is 0 Å². The van der Waals surface area contributed by atoms with Crippen LogP contribution in [0.5, 0.6) is 0 Å². The van der Waals surface area contributed by atoms with E-state index in [0.717, 1.165) is 30.4 Å². The molecule has 0 amide bonds. The van der Waals surface area contributed by atoms with Gasteiger partial charge in [-0.25, -0.2) is 9.97 Å². The van der Waals surface area contributed by atoms with Crippen LogP contribution in [0.3, 0.4) is 0 Å². The summed E-state index contributed by atoms with van der Waals surface area (Å²) in [6.45, 7) is 7.15. The first-order chi connectivity index (χ1) is 10.6. The number of pyridine rings is 1. The summed E-state index contributed by atoms with van der Waals surface area (Å²) in [5, 5.41) is 0. The standard InChI is InChI=1S/C18H20FN3/c1-4-5-9-22-16-11-13(3)12(2)10-15(16)21-18(22)14-7-6-8-20-17(14)19/h6-8,10-11H,4-5,9H2,1-3H3. The predicted molar refractivity (Wildman–Crippen MR) is 87.3 cm³/mol. The van der Waals surface area contributed by atoms with Gasteiger partial charge in [0.1, 0.15) is 5.82 Å². The minimum Gasteiger partial charge on any atom is -0.324 e. The molecule has 0 aliphatic carbocycles. The first kappa shape index (κ1) is 14.7. The van der Waals surface area contributed by atoms with Gasteiger partial charge in [-0.1, -0.05) is 13.3 Å². The second-order valence-electron chi connectivity index (χ2n) is 5.71. The largest absolute Gasteiger partial charge is 0.324 e. The maximum Gasteiger partial charge on any atom is 0.223 e. The fraction of sp³-hybridized carbons (Fsp3) is 0.333.